The largest absolute Gasteiger partial charge is 0.332 e. The molecule has 0 radical (unpaired) electrons. The fourth-order valence-electron chi connectivity index (χ4n) is 3.58. The topological polar surface area (TPSA) is 17.1 Å². The summed E-state index contributed by atoms with van der Waals surface area (Å²) in [6.45, 7) is 0.742. The van der Waals surface area contributed by atoms with Crippen molar-refractivity contribution in [1.29, 1.82) is 0 Å². The molecule has 18 heavy (non-hydrogen) atoms. The molecular formula is C15H19ClNO+. The predicted molar refractivity (Wildman–Crippen MR) is 71.9 cm³/mol. The van der Waals surface area contributed by atoms with Crippen LogP contribution in [0.3, 0.4) is 0 Å². The van der Waals surface area contributed by atoms with Gasteiger partial charge in [-0.15, -0.1) is 0 Å². The Kier molecular flexibility index (Phi) is 3.16. The molecule has 0 aromatic heterocycles. The average Bonchev–Trinajstić information content (AvgIpc) is 2.93. The van der Waals surface area contributed by atoms with Crippen LogP contribution in [0, 0.1) is 5.92 Å². The Bertz CT molecular complexity index is 447. The first-order chi connectivity index (χ1) is 8.70. The number of benzene rings is 1. The molecule has 2 unspecified atom stereocenters. The number of fused-ring (bicyclic) bond motifs is 1. The van der Waals surface area contributed by atoms with Crippen molar-refractivity contribution in [1.82, 2.24) is 0 Å². The third kappa shape index (κ3) is 1.98. The average molecular weight is 265 g/mol. The molecule has 1 aliphatic carbocycles. The molecule has 1 aliphatic heterocycles. The lowest BCUT2D eigenvalue weighted by Crippen LogP contribution is -2.47. The highest BCUT2D eigenvalue weighted by Gasteiger charge is 2.56. The Morgan fingerprint density at radius 1 is 1.22 bits per heavy atom. The second-order valence-electron chi connectivity index (χ2n) is 5.59. The summed E-state index contributed by atoms with van der Waals surface area (Å²) in [6.07, 6.45) is 5.13. The molecule has 1 aromatic carbocycles. The van der Waals surface area contributed by atoms with Crippen LogP contribution in [-0.4, -0.2) is 22.5 Å². The summed E-state index contributed by atoms with van der Waals surface area (Å²) in [5.41, 5.74) is 1.27. The van der Waals surface area contributed by atoms with Crippen molar-refractivity contribution in [3.63, 3.8) is 0 Å². The van der Waals surface area contributed by atoms with Crippen LogP contribution in [0.2, 0.25) is 0 Å². The molecule has 2 aliphatic rings. The highest BCUT2D eigenvalue weighted by Crippen LogP contribution is 2.45. The number of rotatable bonds is 3. The zero-order valence-corrected chi connectivity index (χ0v) is 11.3. The van der Waals surface area contributed by atoms with Crippen molar-refractivity contribution >= 4 is 17.7 Å². The first-order valence-corrected chi connectivity index (χ1v) is 7.19. The van der Waals surface area contributed by atoms with E-state index in [0.29, 0.717) is 18.4 Å². The number of halogens is 1. The van der Waals surface area contributed by atoms with E-state index in [1.807, 2.05) is 18.2 Å². The SMILES string of the molecule is O=C1CC2CCCC2[N@+]1(Cl)CCc1ccccc1. The Morgan fingerprint density at radius 3 is 2.78 bits per heavy atom. The number of carbonyl (C=O) groups is 1. The Labute approximate surface area is 113 Å². The molecule has 1 saturated carbocycles. The van der Waals surface area contributed by atoms with Crippen LogP contribution in [0.1, 0.15) is 31.2 Å². The van der Waals surface area contributed by atoms with Gasteiger partial charge in [0.1, 0.15) is 12.6 Å². The van der Waals surface area contributed by atoms with E-state index >= 15 is 0 Å². The first-order valence-electron chi connectivity index (χ1n) is 6.85. The molecule has 2 nitrogen and oxygen atoms in total. The van der Waals surface area contributed by atoms with Crippen molar-refractivity contribution in [2.24, 2.45) is 5.92 Å². The van der Waals surface area contributed by atoms with Gasteiger partial charge in [-0.1, -0.05) is 30.3 Å². The number of carbonyl (C=O) groups excluding carboxylic acids is 1. The van der Waals surface area contributed by atoms with E-state index in [1.54, 1.807) is 0 Å². The lowest BCUT2D eigenvalue weighted by Gasteiger charge is -2.28. The van der Waals surface area contributed by atoms with Gasteiger partial charge >= 0.3 is 5.91 Å². The number of likely N-dealkylation sites (tertiary alicyclic amines) is 1. The lowest BCUT2D eigenvalue weighted by molar-refractivity contribution is -0.757. The summed E-state index contributed by atoms with van der Waals surface area (Å²) in [5.74, 6) is 0.785. The van der Waals surface area contributed by atoms with Gasteiger partial charge in [-0.2, -0.15) is 4.00 Å². The maximum atomic E-state index is 12.2. The Hall–Kier alpha value is -0.860. The van der Waals surface area contributed by atoms with E-state index in [1.165, 1.54) is 18.4 Å². The standard InChI is InChI=1S/C15H19ClNO/c16-17(10-9-12-5-2-1-3-6-12)14-8-4-7-13(14)11-15(17)18/h1-3,5-6,13-14H,4,7-11H2/q+1/t13?,14?,17-/m1/s1. The van der Waals surface area contributed by atoms with Crippen LogP contribution in [0.15, 0.2) is 30.3 Å². The van der Waals surface area contributed by atoms with Crippen molar-refractivity contribution in [3.05, 3.63) is 35.9 Å². The van der Waals surface area contributed by atoms with E-state index in [4.69, 9.17) is 11.8 Å². The molecule has 0 N–H and O–H groups in total. The minimum Gasteiger partial charge on any atom is -0.229 e. The lowest BCUT2D eigenvalue weighted by atomic mass is 10.0. The third-order valence-corrected chi connectivity index (χ3v) is 5.17. The molecule has 3 heteroatoms. The van der Waals surface area contributed by atoms with Gasteiger partial charge in [0, 0.05) is 18.8 Å². The van der Waals surface area contributed by atoms with E-state index < -0.39 is 0 Å². The van der Waals surface area contributed by atoms with Crippen LogP contribution >= 0.6 is 11.8 Å². The van der Waals surface area contributed by atoms with Crippen LogP contribution in [-0.2, 0) is 11.2 Å². The molecule has 1 aromatic rings. The number of hydrogen-bond donors (Lipinski definition) is 0. The van der Waals surface area contributed by atoms with Crippen molar-refractivity contribution in [2.75, 3.05) is 6.54 Å². The fourth-order valence-corrected chi connectivity index (χ4v) is 3.99. The van der Waals surface area contributed by atoms with E-state index in [-0.39, 0.29) is 9.91 Å². The molecule has 0 spiro atoms. The molecule has 0 bridgehead atoms. The van der Waals surface area contributed by atoms with Gasteiger partial charge in [-0.3, -0.25) is 0 Å². The quantitative estimate of drug-likeness (QED) is 0.766. The highest BCUT2D eigenvalue weighted by molar-refractivity contribution is 6.12. The van der Waals surface area contributed by atoms with E-state index in [9.17, 15) is 4.79 Å². The van der Waals surface area contributed by atoms with Crippen LogP contribution in [0.5, 0.6) is 0 Å². The van der Waals surface area contributed by atoms with Gasteiger partial charge < -0.3 is 0 Å². The van der Waals surface area contributed by atoms with Gasteiger partial charge in [-0.05, 0) is 18.4 Å². The monoisotopic (exact) mass is 264 g/mol. The normalized spacial score (nSPS) is 34.8. The van der Waals surface area contributed by atoms with Gasteiger partial charge in [0.25, 0.3) is 0 Å². The number of quaternary nitrogens is 1. The maximum Gasteiger partial charge on any atom is 0.332 e. The summed E-state index contributed by atoms with van der Waals surface area (Å²) >= 11 is 6.66. The fraction of sp³-hybridized carbons (Fsp3) is 0.533. The van der Waals surface area contributed by atoms with Gasteiger partial charge in [0.2, 0.25) is 0 Å². The minimum atomic E-state index is 0.166. The highest BCUT2D eigenvalue weighted by atomic mass is 35.5. The second kappa shape index (κ2) is 4.67. The summed E-state index contributed by atoms with van der Waals surface area (Å²) in [6, 6.07) is 10.7. The minimum absolute atomic E-state index is 0.166. The molecule has 3 atom stereocenters. The van der Waals surface area contributed by atoms with E-state index in [0.717, 1.165) is 19.4 Å². The summed E-state index contributed by atoms with van der Waals surface area (Å²) in [7, 11) is 0. The zero-order valence-electron chi connectivity index (χ0n) is 10.5. The number of hydrogen-bond acceptors (Lipinski definition) is 1. The van der Waals surface area contributed by atoms with Crippen LogP contribution in [0.4, 0.5) is 0 Å². The molecular weight excluding hydrogens is 246 g/mol. The van der Waals surface area contributed by atoms with Crippen molar-refractivity contribution < 1.29 is 8.80 Å². The van der Waals surface area contributed by atoms with Crippen LogP contribution in [0.25, 0.3) is 0 Å². The molecule has 96 valence electrons. The summed E-state index contributed by atoms with van der Waals surface area (Å²) in [4.78, 5) is 12.2. The maximum absolute atomic E-state index is 12.2. The molecule has 3 rings (SSSR count). The smallest absolute Gasteiger partial charge is 0.229 e. The molecule has 1 saturated heterocycles. The first kappa shape index (κ1) is 12.2. The Balaban J connectivity index is 1.72. The molecule has 1 amide bonds. The molecule has 2 fully saturated rings. The third-order valence-electron chi connectivity index (χ3n) is 4.56. The van der Waals surface area contributed by atoms with E-state index in [2.05, 4.69) is 12.1 Å². The van der Waals surface area contributed by atoms with Gasteiger partial charge in [0.05, 0.1) is 6.42 Å². The number of amides is 1. The second-order valence-corrected chi connectivity index (χ2v) is 6.19. The number of nitrogens with zero attached hydrogens (tertiary/aromatic N) is 1. The van der Waals surface area contributed by atoms with Gasteiger partial charge in [-0.25, -0.2) is 4.79 Å². The summed E-state index contributed by atoms with van der Waals surface area (Å²) < 4.78 is 0.166. The zero-order chi connectivity index (χ0) is 12.6. The summed E-state index contributed by atoms with van der Waals surface area (Å²) in [5, 5.41) is 0. The van der Waals surface area contributed by atoms with Crippen LogP contribution < -0.4 is 0 Å². The van der Waals surface area contributed by atoms with Crippen molar-refractivity contribution in [2.45, 2.75) is 38.1 Å². The predicted octanol–water partition coefficient (Wildman–Crippen LogP) is 3.30. The van der Waals surface area contributed by atoms with Gasteiger partial charge in [0.15, 0.2) is 11.8 Å². The Morgan fingerprint density at radius 2 is 2.00 bits per heavy atom. The van der Waals surface area contributed by atoms with Crippen molar-refractivity contribution in [3.8, 4) is 0 Å². The molecule has 1 heterocycles.